The molecular weight excluding hydrogens is 295 g/mol. The Hall–Kier alpha value is -1.62. The van der Waals surface area contributed by atoms with Gasteiger partial charge in [-0.15, -0.1) is 0 Å². The second-order valence-corrected chi connectivity index (χ2v) is 6.47. The molecule has 0 bridgehead atoms. The van der Waals surface area contributed by atoms with Gasteiger partial charge in [0.1, 0.15) is 18.2 Å². The average Bonchev–Trinajstić information content (AvgIpc) is 2.49. The first kappa shape index (κ1) is 17.7. The standard InChI is InChI=1S/C18H27FN2O2/c1-14-5-4-6-15(2)21(14)18(22)13-20(3)11-12-23-17-9-7-16(19)8-10-17/h7-10,14-15H,4-6,11-13H2,1-3H3. The van der Waals surface area contributed by atoms with E-state index in [1.165, 1.54) is 18.6 Å². The molecule has 1 aliphatic heterocycles. The number of hydrogen-bond donors (Lipinski definition) is 0. The van der Waals surface area contributed by atoms with Crippen molar-refractivity contribution in [2.24, 2.45) is 0 Å². The molecule has 1 aromatic carbocycles. The summed E-state index contributed by atoms with van der Waals surface area (Å²) in [5.41, 5.74) is 0. The number of likely N-dealkylation sites (N-methyl/N-ethyl adjacent to an activating group) is 1. The zero-order chi connectivity index (χ0) is 16.8. The summed E-state index contributed by atoms with van der Waals surface area (Å²) in [5, 5.41) is 0. The van der Waals surface area contributed by atoms with Crippen LogP contribution in [0.1, 0.15) is 33.1 Å². The highest BCUT2D eigenvalue weighted by Crippen LogP contribution is 2.22. The average molecular weight is 322 g/mol. The first-order chi connectivity index (χ1) is 11.0. The van der Waals surface area contributed by atoms with E-state index in [4.69, 9.17) is 4.74 Å². The number of halogens is 1. The first-order valence-electron chi connectivity index (χ1n) is 8.35. The number of hydrogen-bond acceptors (Lipinski definition) is 3. The number of nitrogens with zero attached hydrogens (tertiary/aromatic N) is 2. The lowest BCUT2D eigenvalue weighted by atomic mass is 9.97. The first-order valence-corrected chi connectivity index (χ1v) is 8.35. The van der Waals surface area contributed by atoms with Gasteiger partial charge in [-0.3, -0.25) is 9.69 Å². The molecule has 23 heavy (non-hydrogen) atoms. The van der Waals surface area contributed by atoms with Gasteiger partial charge in [0.25, 0.3) is 0 Å². The van der Waals surface area contributed by atoms with Crippen LogP contribution in [0, 0.1) is 5.82 Å². The molecule has 1 saturated heterocycles. The number of benzene rings is 1. The molecule has 0 aromatic heterocycles. The minimum atomic E-state index is -0.273. The third-order valence-electron chi connectivity index (χ3n) is 4.44. The van der Waals surface area contributed by atoms with E-state index < -0.39 is 0 Å². The van der Waals surface area contributed by atoms with E-state index in [1.807, 2.05) is 16.8 Å². The van der Waals surface area contributed by atoms with Crippen molar-refractivity contribution in [1.82, 2.24) is 9.80 Å². The topological polar surface area (TPSA) is 32.8 Å². The minimum absolute atomic E-state index is 0.189. The van der Waals surface area contributed by atoms with E-state index in [9.17, 15) is 9.18 Å². The van der Waals surface area contributed by atoms with E-state index >= 15 is 0 Å². The molecular formula is C18H27FN2O2. The van der Waals surface area contributed by atoms with Gasteiger partial charge in [-0.25, -0.2) is 4.39 Å². The number of carbonyl (C=O) groups is 1. The SMILES string of the molecule is CC1CCCC(C)N1C(=O)CN(C)CCOc1ccc(F)cc1. The summed E-state index contributed by atoms with van der Waals surface area (Å²) < 4.78 is 18.4. The number of rotatable bonds is 6. The number of ether oxygens (including phenoxy) is 1. The highest BCUT2D eigenvalue weighted by molar-refractivity contribution is 5.79. The van der Waals surface area contributed by atoms with Crippen LogP contribution >= 0.6 is 0 Å². The molecule has 0 spiro atoms. The lowest BCUT2D eigenvalue weighted by Crippen LogP contribution is -2.50. The molecule has 128 valence electrons. The highest BCUT2D eigenvalue weighted by atomic mass is 19.1. The van der Waals surface area contributed by atoms with Crippen molar-refractivity contribution in [3.63, 3.8) is 0 Å². The van der Waals surface area contributed by atoms with Crippen LogP contribution in [0.3, 0.4) is 0 Å². The zero-order valence-electron chi connectivity index (χ0n) is 14.3. The van der Waals surface area contributed by atoms with Crippen molar-refractivity contribution in [1.29, 1.82) is 0 Å². The Kier molecular flexibility index (Phi) is 6.39. The molecule has 0 aliphatic carbocycles. The summed E-state index contributed by atoms with van der Waals surface area (Å²) in [5.74, 6) is 0.559. The molecule has 1 aliphatic rings. The molecule has 2 atom stereocenters. The van der Waals surface area contributed by atoms with E-state index in [0.29, 0.717) is 37.5 Å². The Balaban J connectivity index is 1.74. The predicted molar refractivity (Wildman–Crippen MR) is 89.0 cm³/mol. The van der Waals surface area contributed by atoms with Crippen LogP contribution in [-0.4, -0.2) is 54.5 Å². The van der Waals surface area contributed by atoms with Gasteiger partial charge >= 0.3 is 0 Å². The highest BCUT2D eigenvalue weighted by Gasteiger charge is 2.29. The van der Waals surface area contributed by atoms with Gasteiger partial charge in [-0.05, 0) is 64.4 Å². The van der Waals surface area contributed by atoms with Crippen LogP contribution in [0.15, 0.2) is 24.3 Å². The van der Waals surface area contributed by atoms with Gasteiger partial charge in [0.15, 0.2) is 0 Å². The van der Waals surface area contributed by atoms with E-state index in [2.05, 4.69) is 13.8 Å². The molecule has 1 heterocycles. The molecule has 5 heteroatoms. The number of amides is 1. The van der Waals surface area contributed by atoms with E-state index in [1.54, 1.807) is 12.1 Å². The van der Waals surface area contributed by atoms with Crippen LogP contribution < -0.4 is 4.74 Å². The monoisotopic (exact) mass is 322 g/mol. The van der Waals surface area contributed by atoms with Crippen LogP contribution in [0.4, 0.5) is 4.39 Å². The maximum atomic E-state index is 12.8. The van der Waals surface area contributed by atoms with Gasteiger partial charge in [-0.1, -0.05) is 0 Å². The number of piperidine rings is 1. The van der Waals surface area contributed by atoms with Crippen molar-refractivity contribution in [3.8, 4) is 5.75 Å². The van der Waals surface area contributed by atoms with Crippen molar-refractivity contribution < 1.29 is 13.9 Å². The Labute approximate surface area is 138 Å². The van der Waals surface area contributed by atoms with Crippen LogP contribution in [0.5, 0.6) is 5.75 Å². The van der Waals surface area contributed by atoms with E-state index in [0.717, 1.165) is 12.8 Å². The molecule has 4 nitrogen and oxygen atoms in total. The molecule has 2 rings (SSSR count). The van der Waals surface area contributed by atoms with E-state index in [-0.39, 0.29) is 11.7 Å². The molecule has 0 saturated carbocycles. The molecule has 0 radical (unpaired) electrons. The summed E-state index contributed by atoms with van der Waals surface area (Å²) in [6.45, 7) is 5.79. The van der Waals surface area contributed by atoms with Crippen LogP contribution in [-0.2, 0) is 4.79 Å². The number of carbonyl (C=O) groups excluding carboxylic acids is 1. The fraction of sp³-hybridized carbons (Fsp3) is 0.611. The summed E-state index contributed by atoms with van der Waals surface area (Å²) in [6, 6.07) is 6.63. The Bertz CT molecular complexity index is 496. The third kappa shape index (κ3) is 5.20. The van der Waals surface area contributed by atoms with Gasteiger partial charge in [0, 0.05) is 18.6 Å². The van der Waals surface area contributed by atoms with Crippen LogP contribution in [0.2, 0.25) is 0 Å². The van der Waals surface area contributed by atoms with Crippen molar-refractivity contribution in [3.05, 3.63) is 30.1 Å². The quantitative estimate of drug-likeness (QED) is 0.807. The largest absolute Gasteiger partial charge is 0.492 e. The van der Waals surface area contributed by atoms with Crippen LogP contribution in [0.25, 0.3) is 0 Å². The normalized spacial score (nSPS) is 21.5. The van der Waals surface area contributed by atoms with Crippen molar-refractivity contribution in [2.45, 2.75) is 45.2 Å². The smallest absolute Gasteiger partial charge is 0.237 e. The Morgan fingerprint density at radius 1 is 1.26 bits per heavy atom. The molecule has 0 N–H and O–H groups in total. The molecule has 2 unspecified atom stereocenters. The van der Waals surface area contributed by atoms with Crippen molar-refractivity contribution in [2.75, 3.05) is 26.7 Å². The minimum Gasteiger partial charge on any atom is -0.492 e. The fourth-order valence-corrected chi connectivity index (χ4v) is 3.15. The Morgan fingerprint density at radius 3 is 2.48 bits per heavy atom. The maximum absolute atomic E-state index is 12.8. The summed E-state index contributed by atoms with van der Waals surface area (Å²) in [7, 11) is 1.92. The van der Waals surface area contributed by atoms with Gasteiger partial charge in [-0.2, -0.15) is 0 Å². The number of likely N-dealkylation sites (tertiary alicyclic amines) is 1. The molecule has 1 fully saturated rings. The van der Waals surface area contributed by atoms with Crippen molar-refractivity contribution >= 4 is 5.91 Å². The predicted octanol–water partition coefficient (Wildman–Crippen LogP) is 2.93. The third-order valence-corrected chi connectivity index (χ3v) is 4.44. The van der Waals surface area contributed by atoms with Gasteiger partial charge in [0.2, 0.25) is 5.91 Å². The van der Waals surface area contributed by atoms with Gasteiger partial charge < -0.3 is 9.64 Å². The fourth-order valence-electron chi connectivity index (χ4n) is 3.15. The summed E-state index contributed by atoms with van der Waals surface area (Å²) >= 11 is 0. The summed E-state index contributed by atoms with van der Waals surface area (Å²) in [6.07, 6.45) is 3.38. The Morgan fingerprint density at radius 2 is 1.87 bits per heavy atom. The molecule has 1 amide bonds. The maximum Gasteiger partial charge on any atom is 0.237 e. The lowest BCUT2D eigenvalue weighted by Gasteiger charge is -2.39. The second-order valence-electron chi connectivity index (χ2n) is 6.47. The van der Waals surface area contributed by atoms with Gasteiger partial charge in [0.05, 0.1) is 6.54 Å². The zero-order valence-corrected chi connectivity index (χ0v) is 14.3. The second kappa shape index (κ2) is 8.29. The summed E-state index contributed by atoms with van der Waals surface area (Å²) in [4.78, 5) is 16.5. The molecule has 1 aromatic rings. The lowest BCUT2D eigenvalue weighted by molar-refractivity contribution is -0.138.